The number of imidazole rings is 1. The molecular formula is C21H17F3N6O2. The van der Waals surface area contributed by atoms with Crippen molar-refractivity contribution in [3.63, 3.8) is 0 Å². The summed E-state index contributed by atoms with van der Waals surface area (Å²) in [4.78, 5) is 28.2. The van der Waals surface area contributed by atoms with Crippen LogP contribution in [0.2, 0.25) is 0 Å². The molecule has 2 aromatic heterocycles. The predicted molar refractivity (Wildman–Crippen MR) is 108 cm³/mol. The number of aryl methyl sites for hydroxylation is 1. The topological polar surface area (TPSA) is 101 Å². The number of aromatic nitrogens is 5. The Kier molecular flexibility index (Phi) is 5.39. The summed E-state index contributed by atoms with van der Waals surface area (Å²) in [7, 11) is 0. The summed E-state index contributed by atoms with van der Waals surface area (Å²) in [5.41, 5.74) is 4.85. The average Bonchev–Trinajstić information content (AvgIpc) is 3.29. The van der Waals surface area contributed by atoms with Crippen molar-refractivity contribution >= 4 is 5.91 Å². The minimum Gasteiger partial charge on any atom is -0.364 e. The molecule has 1 amide bonds. The van der Waals surface area contributed by atoms with Crippen molar-refractivity contribution in [1.29, 1.82) is 0 Å². The second-order valence-corrected chi connectivity index (χ2v) is 7.07. The minimum atomic E-state index is -0.787. The van der Waals surface area contributed by atoms with Crippen LogP contribution in [0.5, 0.6) is 0 Å². The summed E-state index contributed by atoms with van der Waals surface area (Å²) >= 11 is 0. The Bertz CT molecular complexity index is 1370. The number of hydrogen-bond donors (Lipinski definition) is 1. The summed E-state index contributed by atoms with van der Waals surface area (Å²) in [5.74, 6) is -2.42. The van der Waals surface area contributed by atoms with E-state index in [1.807, 2.05) is 0 Å². The van der Waals surface area contributed by atoms with Gasteiger partial charge < -0.3 is 10.3 Å². The number of carbonyl (C=O) groups is 1. The van der Waals surface area contributed by atoms with Gasteiger partial charge in [-0.1, -0.05) is 12.1 Å². The lowest BCUT2D eigenvalue weighted by molar-refractivity contribution is 0.0991. The van der Waals surface area contributed by atoms with Crippen molar-refractivity contribution in [1.82, 2.24) is 23.9 Å². The molecule has 8 nitrogen and oxygen atoms in total. The van der Waals surface area contributed by atoms with Crippen LogP contribution in [0.1, 0.15) is 27.4 Å². The maximum Gasteiger partial charge on any atom is 0.350 e. The van der Waals surface area contributed by atoms with Crippen LogP contribution in [0.15, 0.2) is 53.7 Å². The lowest BCUT2D eigenvalue weighted by atomic mass is 10.2. The van der Waals surface area contributed by atoms with Crippen LogP contribution in [0.25, 0.3) is 5.69 Å². The van der Waals surface area contributed by atoms with E-state index in [1.165, 1.54) is 29.0 Å². The Morgan fingerprint density at radius 1 is 1.06 bits per heavy atom. The molecule has 0 bridgehead atoms. The predicted octanol–water partition coefficient (Wildman–Crippen LogP) is 2.15. The molecule has 32 heavy (non-hydrogen) atoms. The first-order chi connectivity index (χ1) is 15.3. The first kappa shape index (κ1) is 21.1. The van der Waals surface area contributed by atoms with E-state index in [0.29, 0.717) is 5.82 Å². The molecule has 2 heterocycles. The van der Waals surface area contributed by atoms with Crippen molar-refractivity contribution < 1.29 is 18.0 Å². The first-order valence-corrected chi connectivity index (χ1v) is 9.44. The molecule has 0 atom stereocenters. The number of amides is 1. The van der Waals surface area contributed by atoms with Gasteiger partial charge in [-0.05, 0) is 25.1 Å². The molecule has 164 valence electrons. The summed E-state index contributed by atoms with van der Waals surface area (Å²) < 4.78 is 46.0. The van der Waals surface area contributed by atoms with E-state index < -0.39 is 29.0 Å². The second kappa shape index (κ2) is 8.17. The van der Waals surface area contributed by atoms with Crippen molar-refractivity contribution in [2.24, 2.45) is 5.73 Å². The van der Waals surface area contributed by atoms with Crippen molar-refractivity contribution in [2.75, 3.05) is 0 Å². The van der Waals surface area contributed by atoms with Crippen LogP contribution in [0.4, 0.5) is 13.2 Å². The fourth-order valence-electron chi connectivity index (χ4n) is 3.30. The molecule has 0 unspecified atom stereocenters. The number of hydrogen-bond acceptors (Lipinski definition) is 4. The first-order valence-electron chi connectivity index (χ1n) is 9.44. The fraction of sp³-hybridized carbons (Fsp3) is 0.143. The zero-order valence-corrected chi connectivity index (χ0v) is 16.8. The van der Waals surface area contributed by atoms with Gasteiger partial charge in [-0.2, -0.15) is 9.78 Å². The highest BCUT2D eigenvalue weighted by Crippen LogP contribution is 2.17. The van der Waals surface area contributed by atoms with Crippen LogP contribution >= 0.6 is 0 Å². The average molecular weight is 442 g/mol. The SMILES string of the molecule is Cc1ncc(C(N)=O)n1Cc1ccc(-n2ncn(Cc3c(F)cccc3F)c2=O)cc1F. The Morgan fingerprint density at radius 3 is 2.44 bits per heavy atom. The lowest BCUT2D eigenvalue weighted by Gasteiger charge is -2.10. The molecule has 4 aromatic rings. The van der Waals surface area contributed by atoms with E-state index in [4.69, 9.17) is 5.73 Å². The zero-order chi connectivity index (χ0) is 23.0. The maximum atomic E-state index is 14.8. The smallest absolute Gasteiger partial charge is 0.350 e. The second-order valence-electron chi connectivity index (χ2n) is 7.07. The van der Waals surface area contributed by atoms with Gasteiger partial charge in [0.1, 0.15) is 35.3 Å². The Hall–Kier alpha value is -4.15. The van der Waals surface area contributed by atoms with Gasteiger partial charge in [0.15, 0.2) is 0 Å². The van der Waals surface area contributed by atoms with E-state index in [-0.39, 0.29) is 35.6 Å². The van der Waals surface area contributed by atoms with Crippen molar-refractivity contribution in [3.8, 4) is 5.69 Å². The van der Waals surface area contributed by atoms with E-state index >= 15 is 0 Å². The maximum absolute atomic E-state index is 14.8. The van der Waals surface area contributed by atoms with Gasteiger partial charge in [0, 0.05) is 17.2 Å². The van der Waals surface area contributed by atoms with E-state index in [0.717, 1.165) is 33.8 Å². The number of nitrogens with two attached hydrogens (primary N) is 1. The van der Waals surface area contributed by atoms with Crippen molar-refractivity contribution in [2.45, 2.75) is 20.0 Å². The van der Waals surface area contributed by atoms with Crippen molar-refractivity contribution in [3.05, 3.63) is 99.5 Å². The molecular weight excluding hydrogens is 425 g/mol. The van der Waals surface area contributed by atoms with Gasteiger partial charge in [0.25, 0.3) is 5.91 Å². The number of nitrogens with zero attached hydrogens (tertiary/aromatic N) is 5. The summed E-state index contributed by atoms with van der Waals surface area (Å²) in [6, 6.07) is 7.42. The number of benzene rings is 2. The molecule has 0 spiro atoms. The Balaban J connectivity index is 1.63. The van der Waals surface area contributed by atoms with Gasteiger partial charge >= 0.3 is 5.69 Å². The number of carbonyl (C=O) groups excluding carboxylic acids is 1. The third-order valence-corrected chi connectivity index (χ3v) is 5.04. The third-order valence-electron chi connectivity index (χ3n) is 5.04. The minimum absolute atomic E-state index is 0.00607. The Labute approximate surface area is 179 Å². The molecule has 0 saturated heterocycles. The molecule has 2 aromatic carbocycles. The van der Waals surface area contributed by atoms with Gasteiger partial charge in [0.05, 0.1) is 25.0 Å². The highest BCUT2D eigenvalue weighted by molar-refractivity contribution is 5.91. The molecule has 4 rings (SSSR count). The van der Waals surface area contributed by atoms with Gasteiger partial charge in [-0.25, -0.2) is 22.9 Å². The van der Waals surface area contributed by atoms with Crippen LogP contribution < -0.4 is 11.4 Å². The Morgan fingerprint density at radius 2 is 1.78 bits per heavy atom. The molecule has 0 aliphatic heterocycles. The molecule has 0 saturated carbocycles. The lowest BCUT2D eigenvalue weighted by Crippen LogP contribution is -2.25. The molecule has 0 aliphatic carbocycles. The molecule has 0 radical (unpaired) electrons. The summed E-state index contributed by atoms with van der Waals surface area (Å²) in [5, 5.41) is 3.92. The summed E-state index contributed by atoms with van der Waals surface area (Å²) in [6.07, 6.45) is 2.43. The van der Waals surface area contributed by atoms with E-state index in [1.54, 1.807) is 6.92 Å². The zero-order valence-electron chi connectivity index (χ0n) is 16.8. The van der Waals surface area contributed by atoms with E-state index in [2.05, 4.69) is 10.1 Å². The largest absolute Gasteiger partial charge is 0.364 e. The number of halogens is 3. The van der Waals surface area contributed by atoms with Gasteiger partial charge in [-0.15, -0.1) is 0 Å². The van der Waals surface area contributed by atoms with Crippen LogP contribution in [-0.2, 0) is 13.1 Å². The molecule has 11 heteroatoms. The standard InChI is InChI=1S/C21H17F3N6O2/c1-12-26-8-19(20(25)31)29(12)9-13-5-6-14(7-18(13)24)30-21(32)28(11-27-30)10-15-16(22)3-2-4-17(15)23/h2-8,11H,9-10H2,1H3,(H2,25,31). The monoisotopic (exact) mass is 442 g/mol. The van der Waals surface area contributed by atoms with Crippen LogP contribution in [0.3, 0.4) is 0 Å². The van der Waals surface area contributed by atoms with E-state index in [9.17, 15) is 22.8 Å². The van der Waals surface area contributed by atoms with Gasteiger partial charge in [0.2, 0.25) is 0 Å². The highest BCUT2D eigenvalue weighted by Gasteiger charge is 2.16. The van der Waals surface area contributed by atoms with Gasteiger partial charge in [-0.3, -0.25) is 9.36 Å². The number of primary amides is 1. The molecule has 2 N–H and O–H groups in total. The number of rotatable bonds is 6. The fourth-order valence-corrected chi connectivity index (χ4v) is 3.30. The quantitative estimate of drug-likeness (QED) is 0.495. The normalized spacial score (nSPS) is 11.1. The third kappa shape index (κ3) is 3.80. The van der Waals surface area contributed by atoms with Crippen LogP contribution in [-0.4, -0.2) is 29.8 Å². The molecule has 0 aliphatic rings. The van der Waals surface area contributed by atoms with Crippen LogP contribution in [0, 0.1) is 24.4 Å². The summed E-state index contributed by atoms with van der Waals surface area (Å²) in [6.45, 7) is 1.29. The highest BCUT2D eigenvalue weighted by atomic mass is 19.1. The molecule has 0 fully saturated rings.